The van der Waals surface area contributed by atoms with Gasteiger partial charge < -0.3 is 5.53 Å². The van der Waals surface area contributed by atoms with Crippen LogP contribution in [0.5, 0.6) is 0 Å². The van der Waals surface area contributed by atoms with Crippen LogP contribution in [-0.4, -0.2) is 4.70 Å². The molecule has 0 atom stereocenters. The normalized spacial score (nSPS) is 12.9. The summed E-state index contributed by atoms with van der Waals surface area (Å²) in [6.45, 7) is 18.4. The molecular formula is C60H102N2Ni. The summed E-state index contributed by atoms with van der Waals surface area (Å²) in [5.74, 6) is 0. The summed E-state index contributed by atoms with van der Waals surface area (Å²) in [6.07, 6.45) is 42.8. The Hall–Kier alpha value is -1.99. The zero-order valence-corrected chi connectivity index (χ0v) is 44.1. The zero-order chi connectivity index (χ0) is 45.8. The van der Waals surface area contributed by atoms with Gasteiger partial charge in [-0.2, -0.15) is 0 Å². The fourth-order valence-corrected chi connectivity index (χ4v) is 10.4. The topological polar surface area (TPSA) is 25.3 Å². The van der Waals surface area contributed by atoms with E-state index in [9.17, 15) is 5.53 Å². The van der Waals surface area contributed by atoms with Gasteiger partial charge in [-0.05, 0) is 124 Å². The van der Waals surface area contributed by atoms with E-state index in [1.54, 1.807) is 4.70 Å². The van der Waals surface area contributed by atoms with Gasteiger partial charge in [-0.25, -0.2) is 4.70 Å². The average molecular weight is 910 g/mol. The Morgan fingerprint density at radius 2 is 0.571 bits per heavy atom. The third-order valence-electron chi connectivity index (χ3n) is 13.0. The molecule has 2 aromatic carbocycles. The molecule has 1 aliphatic heterocycles. The predicted octanol–water partition coefficient (Wildman–Crippen LogP) is 20.8. The van der Waals surface area contributed by atoms with Crippen LogP contribution in [0.4, 0.5) is 0 Å². The molecule has 0 aromatic heterocycles. The summed E-state index contributed by atoms with van der Waals surface area (Å²) in [5, 5.41) is 2.81. The molecule has 0 fully saturated rings. The first-order valence-corrected chi connectivity index (χ1v) is 29.0. The molecule has 0 radical (unpaired) electrons. The van der Waals surface area contributed by atoms with E-state index in [0.29, 0.717) is 0 Å². The second-order valence-corrected chi connectivity index (χ2v) is 20.6. The minimum atomic E-state index is 1.05. The van der Waals surface area contributed by atoms with Gasteiger partial charge >= 0.3 is 77.6 Å². The molecule has 3 rings (SSSR count). The van der Waals surface area contributed by atoms with Gasteiger partial charge in [0.1, 0.15) is 0 Å². The van der Waals surface area contributed by atoms with Gasteiger partial charge in [-0.3, -0.25) is 0 Å². The van der Waals surface area contributed by atoms with Crippen molar-refractivity contribution in [3.8, 4) is 0 Å². The van der Waals surface area contributed by atoms with Gasteiger partial charge in [-0.15, -0.1) is 0 Å². The van der Waals surface area contributed by atoms with Crippen LogP contribution in [-0.2, 0) is 40.1 Å². The van der Waals surface area contributed by atoms with Crippen LogP contribution in [0, 0.1) is 0 Å². The van der Waals surface area contributed by atoms with Crippen LogP contribution in [0.15, 0.2) is 47.5 Å². The minimum absolute atomic E-state index is 1.05. The zero-order valence-electron chi connectivity index (χ0n) is 43.1. The molecule has 1 aliphatic rings. The Morgan fingerprint density at radius 1 is 0.317 bits per heavy atom. The molecule has 63 heavy (non-hydrogen) atoms. The summed E-state index contributed by atoms with van der Waals surface area (Å²) >= 11 is 1.97. The molecule has 0 unspecified atom stereocenters. The Morgan fingerprint density at radius 3 is 0.905 bits per heavy atom. The van der Waals surface area contributed by atoms with Gasteiger partial charge in [0, 0.05) is 22.3 Å². The first-order valence-electron chi connectivity index (χ1n) is 27.6. The second kappa shape index (κ2) is 38.2. The first kappa shape index (κ1) is 57.1. The van der Waals surface area contributed by atoms with Crippen LogP contribution < -0.4 is 0 Å². The van der Waals surface area contributed by atoms with Crippen LogP contribution in [0.1, 0.15) is 281 Å². The molecule has 0 amide bonds. The molecule has 2 aromatic rings. The monoisotopic (exact) mass is 909 g/mol. The van der Waals surface area contributed by atoms with E-state index >= 15 is 0 Å². The molecule has 3 heteroatoms. The number of hydrogen-bond donors (Lipinski definition) is 0. The number of aryl methyl sites for hydroxylation is 4. The molecule has 0 bridgehead atoms. The second-order valence-electron chi connectivity index (χ2n) is 19.1. The predicted molar refractivity (Wildman–Crippen MR) is 279 cm³/mol. The fourth-order valence-electron chi connectivity index (χ4n) is 9.18. The van der Waals surface area contributed by atoms with Gasteiger partial charge in [0.2, 0.25) is 11.4 Å². The van der Waals surface area contributed by atoms with E-state index in [2.05, 4.69) is 91.8 Å². The third-order valence-corrected chi connectivity index (χ3v) is 14.4. The Bertz CT molecular complexity index is 1470. The number of rotatable bonds is 38. The molecule has 0 N–H and O–H groups in total. The molecule has 0 spiro atoms. The van der Waals surface area contributed by atoms with Crippen LogP contribution in [0.2, 0.25) is 10.8 Å². The maximum atomic E-state index is 12.7. The number of unbranched alkanes of at least 4 members (excludes halogenated alkanes) is 20. The van der Waals surface area contributed by atoms with Crippen molar-refractivity contribution in [1.29, 1.82) is 0 Å². The van der Waals surface area contributed by atoms with Gasteiger partial charge in [0.15, 0.2) is 0 Å². The van der Waals surface area contributed by atoms with Gasteiger partial charge in [-0.1, -0.05) is 156 Å². The molecule has 1 heterocycles. The summed E-state index contributed by atoms with van der Waals surface area (Å²) in [4.78, 5) is 0. The molecule has 362 valence electrons. The summed E-state index contributed by atoms with van der Waals surface area (Å²) in [5.41, 5.74) is 26.0. The van der Waals surface area contributed by atoms with Crippen LogP contribution in [0.25, 0.3) is 16.9 Å². The van der Waals surface area contributed by atoms with Crippen molar-refractivity contribution in [2.24, 2.45) is 0 Å². The molecule has 0 saturated carbocycles. The average Bonchev–Trinajstić information content (AvgIpc) is 3.56. The summed E-state index contributed by atoms with van der Waals surface area (Å²) in [6, 6.07) is 14.8. The Kier molecular flexibility index (Phi) is 34.6. The molecular weight excluding hydrogens is 807 g/mol. The molecule has 0 aliphatic carbocycles. The van der Waals surface area contributed by atoms with E-state index in [1.807, 2.05) is 14.4 Å². The van der Waals surface area contributed by atoms with Crippen LogP contribution in [0.3, 0.4) is 0 Å². The number of allylic oxidation sites excluding steroid dienone is 2. The fraction of sp³-hybridized carbons (Fsp3) is 0.733. The standard InChI is InChI=1S/C50H80N2.2C5H11.Ni/c1-7-13-19-21-22-28-34-48-47(33-27-20-14-8-2)49(45-37-41(29-23-15-9-3)35-42(38-45)30-24-16-10-4)52(51)50(48)46-39-43(31-25-17-11-5)36-44(40-46)32-26-18-12-6;2*1-3-5-4-2;/h35-40H,7-34H2,1-6H3;2*1,3-5H2,2H3;. The number of nitrogens with zero attached hydrogens (tertiary/aromatic N) is 2. The Labute approximate surface area is 399 Å². The van der Waals surface area contributed by atoms with E-state index in [4.69, 9.17) is 0 Å². The number of benzene rings is 2. The van der Waals surface area contributed by atoms with E-state index in [-0.39, 0.29) is 0 Å². The van der Waals surface area contributed by atoms with Crippen molar-refractivity contribution in [2.75, 3.05) is 0 Å². The first-order chi connectivity index (χ1) is 30.9. The van der Waals surface area contributed by atoms with Gasteiger partial charge in [0.25, 0.3) is 0 Å². The molecule has 2 nitrogen and oxygen atoms in total. The number of hydrogen-bond acceptors (Lipinski definition) is 0. The third kappa shape index (κ3) is 23.9. The van der Waals surface area contributed by atoms with E-state index in [0.717, 1.165) is 49.9 Å². The molecule has 0 saturated heterocycles. The van der Waals surface area contributed by atoms with Crippen molar-refractivity contribution < 1.29 is 19.1 Å². The van der Waals surface area contributed by atoms with Crippen molar-refractivity contribution in [3.05, 3.63) is 86.5 Å². The summed E-state index contributed by atoms with van der Waals surface area (Å²) < 4.78 is 1.70. The van der Waals surface area contributed by atoms with Crippen molar-refractivity contribution in [1.82, 2.24) is 0 Å². The quantitative estimate of drug-likeness (QED) is 0.0364. The maximum absolute atomic E-state index is 12.7. The van der Waals surface area contributed by atoms with Crippen molar-refractivity contribution in [2.45, 2.75) is 284 Å². The van der Waals surface area contributed by atoms with Crippen LogP contribution >= 0.6 is 0 Å². The van der Waals surface area contributed by atoms with Crippen molar-refractivity contribution in [3.63, 3.8) is 0 Å². The Balaban J connectivity index is 0.00000109. The SMILES string of the molecule is CCCCCCCCC1=C(c2cc(CCCCC)cc(CCCCC)c2)[N+](=[N-])C(c2cc(CCCCC)cc(CCCCC)c2)=C1CCCCCC.CCCC[CH2][Ni][CH2]CCCC. The van der Waals surface area contributed by atoms with Crippen molar-refractivity contribution >= 4 is 11.4 Å². The van der Waals surface area contributed by atoms with E-state index in [1.165, 1.54) is 235 Å². The summed E-state index contributed by atoms with van der Waals surface area (Å²) in [7, 11) is 0. The van der Waals surface area contributed by atoms with Gasteiger partial charge in [0.05, 0.1) is 0 Å². The van der Waals surface area contributed by atoms with E-state index < -0.39 is 0 Å².